The molecule has 0 spiro atoms. The number of phenols is 1. The molecule has 4 heteroatoms. The number of aromatic nitrogens is 1. The van der Waals surface area contributed by atoms with Gasteiger partial charge in [0.15, 0.2) is 5.58 Å². The first-order valence-corrected chi connectivity index (χ1v) is 5.59. The molecule has 3 rings (SSSR count). The monoisotopic (exact) mass is 240 g/mol. The van der Waals surface area contributed by atoms with Crippen molar-refractivity contribution in [1.29, 1.82) is 0 Å². The highest BCUT2D eigenvalue weighted by Crippen LogP contribution is 2.32. The summed E-state index contributed by atoms with van der Waals surface area (Å²) < 4.78 is 5.64. The van der Waals surface area contributed by atoms with Gasteiger partial charge in [-0.05, 0) is 36.8 Å². The van der Waals surface area contributed by atoms with E-state index in [1.807, 2.05) is 25.1 Å². The van der Waals surface area contributed by atoms with Crippen molar-refractivity contribution >= 4 is 16.8 Å². The van der Waals surface area contributed by atoms with E-state index in [1.165, 1.54) is 6.07 Å². The maximum absolute atomic E-state index is 9.84. The van der Waals surface area contributed by atoms with Crippen LogP contribution < -0.4 is 5.73 Å². The average Bonchev–Trinajstić information content (AvgIpc) is 2.71. The molecular formula is C14H12N2O2. The van der Waals surface area contributed by atoms with Gasteiger partial charge < -0.3 is 15.3 Å². The van der Waals surface area contributed by atoms with Crippen LogP contribution in [0.5, 0.6) is 5.75 Å². The first kappa shape index (κ1) is 10.7. The molecule has 2 aromatic carbocycles. The molecule has 0 bridgehead atoms. The van der Waals surface area contributed by atoms with Crippen LogP contribution in [0.25, 0.3) is 22.6 Å². The molecule has 0 unspecified atom stereocenters. The second kappa shape index (κ2) is 3.77. The number of nitrogens with zero attached hydrogens (tertiary/aromatic N) is 1. The minimum absolute atomic E-state index is 0.0679. The number of nitrogens with two attached hydrogens (primary N) is 1. The molecule has 0 atom stereocenters. The number of fused-ring (bicyclic) bond motifs is 1. The van der Waals surface area contributed by atoms with Crippen LogP contribution >= 0.6 is 0 Å². The standard InChI is InChI=1S/C14H12N2O2/c1-8-2-5-11-13(6-8)18-14(16-11)10-4-3-9(15)7-12(10)17/h2-7,17H,15H2,1H3. The molecular weight excluding hydrogens is 228 g/mol. The summed E-state index contributed by atoms with van der Waals surface area (Å²) in [5.74, 6) is 0.464. The lowest BCUT2D eigenvalue weighted by Crippen LogP contribution is -1.85. The van der Waals surface area contributed by atoms with Crippen molar-refractivity contribution in [3.05, 3.63) is 42.0 Å². The van der Waals surface area contributed by atoms with Gasteiger partial charge in [0.1, 0.15) is 11.3 Å². The minimum atomic E-state index is 0.0679. The van der Waals surface area contributed by atoms with Gasteiger partial charge in [-0.1, -0.05) is 6.07 Å². The second-order valence-corrected chi connectivity index (χ2v) is 4.27. The lowest BCUT2D eigenvalue weighted by Gasteiger charge is -2.00. The summed E-state index contributed by atoms with van der Waals surface area (Å²) in [5, 5.41) is 9.84. The molecule has 0 aliphatic carbocycles. The Morgan fingerprint density at radius 2 is 2.00 bits per heavy atom. The zero-order valence-corrected chi connectivity index (χ0v) is 9.84. The maximum atomic E-state index is 9.84. The van der Waals surface area contributed by atoms with E-state index in [0.29, 0.717) is 22.7 Å². The first-order valence-electron chi connectivity index (χ1n) is 5.59. The minimum Gasteiger partial charge on any atom is -0.507 e. The predicted molar refractivity (Wildman–Crippen MR) is 70.3 cm³/mol. The lowest BCUT2D eigenvalue weighted by molar-refractivity contribution is 0.474. The van der Waals surface area contributed by atoms with Gasteiger partial charge in [-0.15, -0.1) is 0 Å². The Balaban J connectivity index is 2.19. The summed E-state index contributed by atoms with van der Waals surface area (Å²) in [4.78, 5) is 4.35. The maximum Gasteiger partial charge on any atom is 0.231 e. The van der Waals surface area contributed by atoms with E-state index in [1.54, 1.807) is 12.1 Å². The third-order valence-corrected chi connectivity index (χ3v) is 2.80. The van der Waals surface area contributed by atoms with Crippen molar-refractivity contribution in [2.75, 3.05) is 5.73 Å². The smallest absolute Gasteiger partial charge is 0.231 e. The van der Waals surface area contributed by atoms with Gasteiger partial charge in [0.2, 0.25) is 5.89 Å². The normalized spacial score (nSPS) is 10.9. The highest BCUT2D eigenvalue weighted by Gasteiger charge is 2.12. The van der Waals surface area contributed by atoms with Crippen molar-refractivity contribution in [3.63, 3.8) is 0 Å². The molecule has 0 aliphatic rings. The Morgan fingerprint density at radius 3 is 2.78 bits per heavy atom. The molecule has 1 aromatic heterocycles. The average molecular weight is 240 g/mol. The Morgan fingerprint density at radius 1 is 1.17 bits per heavy atom. The quantitative estimate of drug-likeness (QED) is 0.641. The summed E-state index contributed by atoms with van der Waals surface area (Å²) in [7, 11) is 0. The third kappa shape index (κ3) is 1.68. The van der Waals surface area contributed by atoms with Crippen molar-refractivity contribution in [1.82, 2.24) is 4.98 Å². The summed E-state index contributed by atoms with van der Waals surface area (Å²) >= 11 is 0. The highest BCUT2D eigenvalue weighted by atomic mass is 16.3. The number of hydrogen-bond donors (Lipinski definition) is 2. The zero-order valence-electron chi connectivity index (χ0n) is 9.84. The van der Waals surface area contributed by atoms with Crippen molar-refractivity contribution in [2.24, 2.45) is 0 Å². The number of rotatable bonds is 1. The van der Waals surface area contributed by atoms with Gasteiger partial charge in [0.05, 0.1) is 5.56 Å². The Bertz CT molecular complexity index is 732. The van der Waals surface area contributed by atoms with Crippen LogP contribution in [-0.4, -0.2) is 10.1 Å². The number of oxazole rings is 1. The van der Waals surface area contributed by atoms with E-state index in [-0.39, 0.29) is 5.75 Å². The van der Waals surface area contributed by atoms with Crippen LogP contribution in [0, 0.1) is 6.92 Å². The fourth-order valence-corrected chi connectivity index (χ4v) is 1.88. The Kier molecular flexibility index (Phi) is 2.23. The molecule has 0 radical (unpaired) electrons. The fourth-order valence-electron chi connectivity index (χ4n) is 1.88. The SMILES string of the molecule is Cc1ccc2nc(-c3ccc(N)cc3O)oc2c1. The molecule has 0 saturated carbocycles. The van der Waals surface area contributed by atoms with E-state index < -0.39 is 0 Å². The number of hydrogen-bond acceptors (Lipinski definition) is 4. The van der Waals surface area contributed by atoms with Gasteiger partial charge in [-0.25, -0.2) is 4.98 Å². The second-order valence-electron chi connectivity index (χ2n) is 4.27. The van der Waals surface area contributed by atoms with Gasteiger partial charge in [0, 0.05) is 11.8 Å². The number of nitrogen functional groups attached to an aromatic ring is 1. The van der Waals surface area contributed by atoms with Crippen LogP contribution in [0.3, 0.4) is 0 Å². The molecule has 3 aromatic rings. The summed E-state index contributed by atoms with van der Waals surface area (Å²) in [5.41, 5.74) is 9.22. The van der Waals surface area contributed by atoms with Crippen LogP contribution in [0.2, 0.25) is 0 Å². The number of benzene rings is 2. The van der Waals surface area contributed by atoms with E-state index in [2.05, 4.69) is 4.98 Å². The number of phenolic OH excluding ortho intramolecular Hbond substituents is 1. The molecule has 18 heavy (non-hydrogen) atoms. The van der Waals surface area contributed by atoms with Crippen LogP contribution in [0.4, 0.5) is 5.69 Å². The molecule has 4 nitrogen and oxygen atoms in total. The Hall–Kier alpha value is -2.49. The van der Waals surface area contributed by atoms with E-state index in [0.717, 1.165) is 11.1 Å². The largest absolute Gasteiger partial charge is 0.507 e. The van der Waals surface area contributed by atoms with E-state index in [9.17, 15) is 5.11 Å². The number of aromatic hydroxyl groups is 1. The third-order valence-electron chi connectivity index (χ3n) is 2.80. The summed E-state index contributed by atoms with van der Waals surface area (Å²) in [6, 6.07) is 10.7. The van der Waals surface area contributed by atoms with Gasteiger partial charge in [-0.2, -0.15) is 0 Å². The molecule has 0 fully saturated rings. The van der Waals surface area contributed by atoms with Gasteiger partial charge in [0.25, 0.3) is 0 Å². The fraction of sp³-hybridized carbons (Fsp3) is 0.0714. The number of anilines is 1. The topological polar surface area (TPSA) is 72.3 Å². The highest BCUT2D eigenvalue weighted by molar-refractivity contribution is 5.78. The predicted octanol–water partition coefficient (Wildman–Crippen LogP) is 3.09. The van der Waals surface area contributed by atoms with Gasteiger partial charge in [-0.3, -0.25) is 0 Å². The molecule has 3 N–H and O–H groups in total. The Labute approximate surface area is 104 Å². The summed E-state index contributed by atoms with van der Waals surface area (Å²) in [6.07, 6.45) is 0. The van der Waals surface area contributed by atoms with Crippen molar-refractivity contribution in [2.45, 2.75) is 6.92 Å². The molecule has 1 heterocycles. The first-order chi connectivity index (χ1) is 8.63. The van der Waals surface area contributed by atoms with Crippen molar-refractivity contribution in [3.8, 4) is 17.2 Å². The summed E-state index contributed by atoms with van der Waals surface area (Å²) in [6.45, 7) is 1.99. The van der Waals surface area contributed by atoms with Crippen LogP contribution in [0.15, 0.2) is 40.8 Å². The van der Waals surface area contributed by atoms with E-state index >= 15 is 0 Å². The van der Waals surface area contributed by atoms with Crippen molar-refractivity contribution < 1.29 is 9.52 Å². The van der Waals surface area contributed by atoms with E-state index in [4.69, 9.17) is 10.2 Å². The van der Waals surface area contributed by atoms with Crippen LogP contribution in [0.1, 0.15) is 5.56 Å². The molecule has 0 saturated heterocycles. The van der Waals surface area contributed by atoms with Crippen LogP contribution in [-0.2, 0) is 0 Å². The molecule has 0 aliphatic heterocycles. The molecule has 90 valence electrons. The lowest BCUT2D eigenvalue weighted by atomic mass is 10.2. The van der Waals surface area contributed by atoms with Gasteiger partial charge >= 0.3 is 0 Å². The zero-order chi connectivity index (χ0) is 12.7. The molecule has 0 amide bonds. The number of aryl methyl sites for hydroxylation is 1.